The van der Waals surface area contributed by atoms with Crippen LogP contribution in [-0.4, -0.2) is 22.0 Å². The van der Waals surface area contributed by atoms with Gasteiger partial charge in [0.25, 0.3) is 0 Å². The molecule has 0 aromatic carbocycles. The van der Waals surface area contributed by atoms with E-state index in [9.17, 15) is 9.59 Å². The van der Waals surface area contributed by atoms with Crippen molar-refractivity contribution in [2.75, 3.05) is 5.32 Å². The number of aromatic nitrogens is 1. The van der Waals surface area contributed by atoms with Gasteiger partial charge in [-0.15, -0.1) is 0 Å². The lowest BCUT2D eigenvalue weighted by atomic mass is 9.95. The molecule has 2 N–H and O–H groups in total. The maximum atomic E-state index is 12.2. The summed E-state index contributed by atoms with van der Waals surface area (Å²) < 4.78 is 0. The number of nitrogens with zero attached hydrogens (tertiary/aromatic N) is 1. The lowest BCUT2D eigenvalue weighted by Crippen LogP contribution is -2.30. The number of pyridine rings is 1. The number of anilines is 1. The number of nitrogens with one attached hydrogen (secondary N) is 1. The highest BCUT2D eigenvalue weighted by molar-refractivity contribution is 5.94. The quantitative estimate of drug-likeness (QED) is 0.874. The molecule has 2 rings (SSSR count). The van der Waals surface area contributed by atoms with Crippen molar-refractivity contribution in [3.05, 3.63) is 23.9 Å². The number of carboxylic acid groups (broad SMARTS) is 1. The van der Waals surface area contributed by atoms with Crippen LogP contribution in [0.5, 0.6) is 0 Å². The number of aryl methyl sites for hydroxylation is 1. The van der Waals surface area contributed by atoms with Gasteiger partial charge in [-0.1, -0.05) is 13.0 Å². The summed E-state index contributed by atoms with van der Waals surface area (Å²) in [5, 5.41) is 11.9. The van der Waals surface area contributed by atoms with Gasteiger partial charge in [-0.3, -0.25) is 9.59 Å². The van der Waals surface area contributed by atoms with Gasteiger partial charge in [0.2, 0.25) is 5.91 Å². The molecule has 1 aliphatic rings. The molecule has 0 aliphatic heterocycles. The Morgan fingerprint density at radius 3 is 2.63 bits per heavy atom. The van der Waals surface area contributed by atoms with Crippen molar-refractivity contribution in [2.24, 2.45) is 17.8 Å². The molecule has 0 bridgehead atoms. The summed E-state index contributed by atoms with van der Waals surface area (Å²) in [6.07, 6.45) is 1.18. The molecule has 0 radical (unpaired) electrons. The first-order valence-electron chi connectivity index (χ1n) is 6.44. The SMILES string of the molecule is Cc1cccc(NC(=O)[C@H]2CC(C)C[C@H]2C(=O)O)n1. The fraction of sp³-hybridized carbons (Fsp3) is 0.500. The number of amides is 1. The maximum absolute atomic E-state index is 12.2. The summed E-state index contributed by atoms with van der Waals surface area (Å²) in [4.78, 5) is 27.5. The Morgan fingerprint density at radius 2 is 2.00 bits per heavy atom. The van der Waals surface area contributed by atoms with Crippen LogP contribution in [0.3, 0.4) is 0 Å². The molecule has 0 spiro atoms. The number of hydrogen-bond acceptors (Lipinski definition) is 3. The van der Waals surface area contributed by atoms with E-state index in [4.69, 9.17) is 5.11 Å². The molecule has 1 saturated carbocycles. The molecule has 1 aliphatic carbocycles. The second-order valence-corrected chi connectivity index (χ2v) is 5.28. The Labute approximate surface area is 112 Å². The van der Waals surface area contributed by atoms with Gasteiger partial charge in [0, 0.05) is 5.69 Å². The molecule has 1 unspecified atom stereocenters. The summed E-state index contributed by atoms with van der Waals surface area (Å²) in [6, 6.07) is 5.36. The van der Waals surface area contributed by atoms with E-state index in [0.29, 0.717) is 18.7 Å². The minimum absolute atomic E-state index is 0.241. The zero-order chi connectivity index (χ0) is 14.0. The molecule has 1 aromatic rings. The molecule has 102 valence electrons. The minimum atomic E-state index is -0.887. The lowest BCUT2D eigenvalue weighted by molar-refractivity contribution is -0.145. The van der Waals surface area contributed by atoms with Crippen LogP contribution >= 0.6 is 0 Å². The number of rotatable bonds is 3. The summed E-state index contributed by atoms with van der Waals surface area (Å²) in [5.74, 6) is -1.43. The van der Waals surface area contributed by atoms with Crippen LogP contribution in [0.4, 0.5) is 5.82 Å². The van der Waals surface area contributed by atoms with Crippen molar-refractivity contribution in [1.82, 2.24) is 4.98 Å². The number of carbonyl (C=O) groups excluding carboxylic acids is 1. The first-order chi connectivity index (χ1) is 8.97. The number of aliphatic carboxylic acids is 1. The number of carboxylic acids is 1. The average Bonchev–Trinajstić information content (AvgIpc) is 2.71. The largest absolute Gasteiger partial charge is 0.481 e. The van der Waals surface area contributed by atoms with E-state index < -0.39 is 17.8 Å². The van der Waals surface area contributed by atoms with E-state index in [-0.39, 0.29) is 11.8 Å². The van der Waals surface area contributed by atoms with Crippen LogP contribution in [0.2, 0.25) is 0 Å². The summed E-state index contributed by atoms with van der Waals surface area (Å²) >= 11 is 0. The fourth-order valence-corrected chi connectivity index (χ4v) is 2.69. The van der Waals surface area contributed by atoms with Crippen LogP contribution in [-0.2, 0) is 9.59 Å². The van der Waals surface area contributed by atoms with Crippen LogP contribution in [0.15, 0.2) is 18.2 Å². The highest BCUT2D eigenvalue weighted by atomic mass is 16.4. The smallest absolute Gasteiger partial charge is 0.307 e. The van der Waals surface area contributed by atoms with Gasteiger partial charge in [-0.25, -0.2) is 4.98 Å². The van der Waals surface area contributed by atoms with Gasteiger partial charge in [0.1, 0.15) is 5.82 Å². The predicted molar refractivity (Wildman–Crippen MR) is 70.6 cm³/mol. The van der Waals surface area contributed by atoms with E-state index in [2.05, 4.69) is 10.3 Å². The maximum Gasteiger partial charge on any atom is 0.307 e. The van der Waals surface area contributed by atoms with Gasteiger partial charge in [0.05, 0.1) is 11.8 Å². The fourth-order valence-electron chi connectivity index (χ4n) is 2.69. The second kappa shape index (κ2) is 5.38. The molecule has 1 heterocycles. The molecule has 5 heteroatoms. The zero-order valence-corrected chi connectivity index (χ0v) is 11.1. The van der Waals surface area contributed by atoms with Crippen molar-refractivity contribution in [2.45, 2.75) is 26.7 Å². The third kappa shape index (κ3) is 3.10. The summed E-state index contributed by atoms with van der Waals surface area (Å²) in [5.41, 5.74) is 0.812. The molecule has 1 amide bonds. The molecule has 19 heavy (non-hydrogen) atoms. The van der Waals surface area contributed by atoms with E-state index in [1.807, 2.05) is 26.0 Å². The van der Waals surface area contributed by atoms with Crippen molar-refractivity contribution >= 4 is 17.7 Å². The zero-order valence-electron chi connectivity index (χ0n) is 11.1. The van der Waals surface area contributed by atoms with Gasteiger partial charge in [-0.05, 0) is 37.8 Å². The molecule has 3 atom stereocenters. The molecule has 1 fully saturated rings. The topological polar surface area (TPSA) is 79.3 Å². The molecule has 0 saturated heterocycles. The second-order valence-electron chi connectivity index (χ2n) is 5.28. The number of carbonyl (C=O) groups is 2. The molecular weight excluding hydrogens is 244 g/mol. The first kappa shape index (κ1) is 13.5. The van der Waals surface area contributed by atoms with Crippen molar-refractivity contribution in [1.29, 1.82) is 0 Å². The van der Waals surface area contributed by atoms with E-state index in [0.717, 1.165) is 5.69 Å². The summed E-state index contributed by atoms with van der Waals surface area (Å²) in [7, 11) is 0. The van der Waals surface area contributed by atoms with E-state index in [1.54, 1.807) is 6.07 Å². The molecule has 1 aromatic heterocycles. The third-order valence-electron chi connectivity index (χ3n) is 3.59. The predicted octanol–water partition coefficient (Wildman–Crippen LogP) is 2.08. The third-order valence-corrected chi connectivity index (χ3v) is 3.59. The average molecular weight is 262 g/mol. The Hall–Kier alpha value is -1.91. The van der Waals surface area contributed by atoms with Crippen LogP contribution in [0.1, 0.15) is 25.5 Å². The summed E-state index contributed by atoms with van der Waals surface area (Å²) in [6.45, 7) is 3.82. The van der Waals surface area contributed by atoms with Crippen LogP contribution < -0.4 is 5.32 Å². The normalized spacial score (nSPS) is 26.1. The van der Waals surface area contributed by atoms with E-state index in [1.165, 1.54) is 0 Å². The highest BCUT2D eigenvalue weighted by Gasteiger charge is 2.41. The van der Waals surface area contributed by atoms with Gasteiger partial charge >= 0.3 is 5.97 Å². The van der Waals surface area contributed by atoms with Gasteiger partial charge < -0.3 is 10.4 Å². The standard InChI is InChI=1S/C14H18N2O3/c1-8-6-10(11(7-8)14(18)19)13(17)16-12-5-3-4-9(2)15-12/h3-5,8,10-11H,6-7H2,1-2H3,(H,18,19)(H,15,16,17)/t8?,10-,11+/m0/s1. The van der Waals surface area contributed by atoms with Crippen LogP contribution in [0, 0.1) is 24.7 Å². The van der Waals surface area contributed by atoms with Crippen LogP contribution in [0.25, 0.3) is 0 Å². The van der Waals surface area contributed by atoms with Crippen molar-refractivity contribution in [3.63, 3.8) is 0 Å². The van der Waals surface area contributed by atoms with E-state index >= 15 is 0 Å². The molecule has 5 nitrogen and oxygen atoms in total. The number of hydrogen-bond donors (Lipinski definition) is 2. The van der Waals surface area contributed by atoms with Crippen molar-refractivity contribution in [3.8, 4) is 0 Å². The molecular formula is C14H18N2O3. The van der Waals surface area contributed by atoms with Gasteiger partial charge in [0.15, 0.2) is 0 Å². The Morgan fingerprint density at radius 1 is 1.32 bits per heavy atom. The monoisotopic (exact) mass is 262 g/mol. The Kier molecular flexibility index (Phi) is 3.83. The lowest BCUT2D eigenvalue weighted by Gasteiger charge is -2.15. The Balaban J connectivity index is 2.09. The Bertz CT molecular complexity index is 501. The minimum Gasteiger partial charge on any atom is -0.481 e. The highest BCUT2D eigenvalue weighted by Crippen LogP contribution is 2.37. The first-order valence-corrected chi connectivity index (χ1v) is 6.44. The van der Waals surface area contributed by atoms with Gasteiger partial charge in [-0.2, -0.15) is 0 Å². The van der Waals surface area contributed by atoms with Crippen molar-refractivity contribution < 1.29 is 14.7 Å².